The van der Waals surface area contributed by atoms with Crippen molar-refractivity contribution in [3.8, 4) is 0 Å². The van der Waals surface area contributed by atoms with Crippen molar-refractivity contribution in [1.82, 2.24) is 0 Å². The van der Waals surface area contributed by atoms with Crippen LogP contribution in [0.5, 0.6) is 0 Å². The van der Waals surface area contributed by atoms with Crippen molar-refractivity contribution in [2.24, 2.45) is 0 Å². The first-order valence-electron chi connectivity index (χ1n) is 2.63. The van der Waals surface area contributed by atoms with Crippen LogP contribution in [0.4, 0.5) is 0 Å². The molecule has 0 unspecified atom stereocenters. The van der Waals surface area contributed by atoms with Gasteiger partial charge in [0.15, 0.2) is 6.10 Å². The summed E-state index contributed by atoms with van der Waals surface area (Å²) in [6.45, 7) is 3.25. The predicted molar refractivity (Wildman–Crippen MR) is 33.1 cm³/mol. The van der Waals surface area contributed by atoms with Crippen molar-refractivity contribution in [1.29, 1.82) is 0 Å². The van der Waals surface area contributed by atoms with E-state index in [1.807, 2.05) is 0 Å². The van der Waals surface area contributed by atoms with Gasteiger partial charge in [0.2, 0.25) is 0 Å². The summed E-state index contributed by atoms with van der Waals surface area (Å²) in [7, 11) is 0. The van der Waals surface area contributed by atoms with Crippen molar-refractivity contribution in [2.45, 2.75) is 20.0 Å². The van der Waals surface area contributed by atoms with Gasteiger partial charge in [0.05, 0.1) is 0 Å². The Balaban J connectivity index is 4.04. The summed E-state index contributed by atoms with van der Waals surface area (Å²) in [5.41, 5.74) is 0.461. The van der Waals surface area contributed by atoms with E-state index in [1.54, 1.807) is 19.9 Å². The number of hydrogen-bond acceptors (Lipinski definition) is 2. The molecule has 0 rings (SSSR count). The molecule has 0 aliphatic rings. The van der Waals surface area contributed by atoms with Gasteiger partial charge >= 0.3 is 5.97 Å². The lowest BCUT2D eigenvalue weighted by atomic mass is 10.2. The summed E-state index contributed by atoms with van der Waals surface area (Å²) in [4.78, 5) is 10.0. The normalized spacial score (nSPS) is 15.2. The van der Waals surface area contributed by atoms with E-state index in [-0.39, 0.29) is 0 Å². The Morgan fingerprint density at radius 3 is 2.22 bits per heavy atom. The number of carboxylic acids is 1. The van der Waals surface area contributed by atoms with Crippen molar-refractivity contribution in [2.75, 3.05) is 0 Å². The number of rotatable bonds is 2. The van der Waals surface area contributed by atoms with Crippen LogP contribution < -0.4 is 0 Å². The molecule has 0 aromatic heterocycles. The molecule has 0 fully saturated rings. The maximum absolute atomic E-state index is 10.0. The molecule has 2 N–H and O–H groups in total. The standard InChI is InChI=1S/C6H10O3/c1-3-4(2)5(7)6(8)9/h3,5,7H,1-2H3,(H,8,9)/t5-/m0/s1. The Bertz CT molecular complexity index is 137. The lowest BCUT2D eigenvalue weighted by molar-refractivity contribution is -0.144. The predicted octanol–water partition coefficient (Wildman–Crippen LogP) is 0.398. The number of carbonyl (C=O) groups is 1. The Morgan fingerprint density at radius 2 is 2.11 bits per heavy atom. The summed E-state index contributed by atoms with van der Waals surface area (Å²) in [5, 5.41) is 16.9. The zero-order valence-corrected chi connectivity index (χ0v) is 5.46. The molecule has 0 aromatic rings. The first-order chi connectivity index (χ1) is 4.09. The number of aliphatic hydroxyl groups excluding tert-OH is 1. The van der Waals surface area contributed by atoms with Gasteiger partial charge in [0.25, 0.3) is 0 Å². The number of allylic oxidation sites excluding steroid dienone is 1. The quantitative estimate of drug-likeness (QED) is 0.532. The second-order valence-corrected chi connectivity index (χ2v) is 1.77. The first-order valence-corrected chi connectivity index (χ1v) is 2.63. The van der Waals surface area contributed by atoms with E-state index in [0.29, 0.717) is 5.57 Å². The third-order valence-electron chi connectivity index (χ3n) is 1.12. The summed E-state index contributed by atoms with van der Waals surface area (Å²) >= 11 is 0. The van der Waals surface area contributed by atoms with Crippen LogP contribution in [0.15, 0.2) is 11.6 Å². The topological polar surface area (TPSA) is 57.5 Å². The Hall–Kier alpha value is -0.830. The van der Waals surface area contributed by atoms with Gasteiger partial charge in [-0.1, -0.05) is 6.08 Å². The maximum Gasteiger partial charge on any atom is 0.336 e. The number of carboxylic acid groups (broad SMARTS) is 1. The molecule has 9 heavy (non-hydrogen) atoms. The molecule has 0 aliphatic heterocycles. The van der Waals surface area contributed by atoms with Crippen LogP contribution in [0.25, 0.3) is 0 Å². The van der Waals surface area contributed by atoms with E-state index in [1.165, 1.54) is 0 Å². The van der Waals surface area contributed by atoms with Gasteiger partial charge in [0, 0.05) is 0 Å². The van der Waals surface area contributed by atoms with Gasteiger partial charge in [-0.05, 0) is 19.4 Å². The van der Waals surface area contributed by atoms with Gasteiger partial charge in [-0.25, -0.2) is 4.79 Å². The molecule has 0 bridgehead atoms. The third kappa shape index (κ3) is 2.28. The molecular weight excluding hydrogens is 120 g/mol. The zero-order valence-electron chi connectivity index (χ0n) is 5.46. The average Bonchev–Trinajstić information content (AvgIpc) is 1.84. The van der Waals surface area contributed by atoms with Crippen LogP contribution >= 0.6 is 0 Å². The van der Waals surface area contributed by atoms with Gasteiger partial charge in [-0.3, -0.25) is 0 Å². The number of aliphatic carboxylic acids is 1. The van der Waals surface area contributed by atoms with Gasteiger partial charge < -0.3 is 10.2 Å². The molecule has 0 radical (unpaired) electrons. The van der Waals surface area contributed by atoms with Gasteiger partial charge in [0.1, 0.15) is 0 Å². The van der Waals surface area contributed by atoms with Crippen LogP contribution in [0.2, 0.25) is 0 Å². The lowest BCUT2D eigenvalue weighted by Crippen LogP contribution is -2.20. The second-order valence-electron chi connectivity index (χ2n) is 1.77. The molecule has 52 valence electrons. The summed E-state index contributed by atoms with van der Waals surface area (Å²) in [6.07, 6.45) is 0.230. The Kier molecular flexibility index (Phi) is 2.95. The van der Waals surface area contributed by atoms with Crippen LogP contribution in [-0.2, 0) is 4.79 Å². The number of aliphatic hydroxyl groups is 1. The minimum absolute atomic E-state index is 0.461. The smallest absolute Gasteiger partial charge is 0.336 e. The van der Waals surface area contributed by atoms with Crippen molar-refractivity contribution in [3.63, 3.8) is 0 Å². The fourth-order valence-corrected chi connectivity index (χ4v) is 0.353. The minimum Gasteiger partial charge on any atom is -0.479 e. The SMILES string of the molecule is CC=C(C)[C@H](O)C(=O)O. The molecule has 0 amide bonds. The van der Waals surface area contributed by atoms with E-state index in [0.717, 1.165) is 0 Å². The lowest BCUT2D eigenvalue weighted by Gasteiger charge is -2.02. The van der Waals surface area contributed by atoms with Gasteiger partial charge in [-0.2, -0.15) is 0 Å². The number of hydrogen-bond donors (Lipinski definition) is 2. The second kappa shape index (κ2) is 3.25. The summed E-state index contributed by atoms with van der Waals surface area (Å²) in [6, 6.07) is 0. The molecule has 1 atom stereocenters. The molecule has 3 nitrogen and oxygen atoms in total. The van der Waals surface area contributed by atoms with Crippen molar-refractivity contribution < 1.29 is 15.0 Å². The highest BCUT2D eigenvalue weighted by Crippen LogP contribution is 1.99. The molecular formula is C6H10O3. The van der Waals surface area contributed by atoms with Crippen LogP contribution in [-0.4, -0.2) is 22.3 Å². The fourth-order valence-electron chi connectivity index (χ4n) is 0.353. The average molecular weight is 130 g/mol. The van der Waals surface area contributed by atoms with E-state index >= 15 is 0 Å². The van der Waals surface area contributed by atoms with Crippen LogP contribution in [0.3, 0.4) is 0 Å². The zero-order chi connectivity index (χ0) is 7.44. The Morgan fingerprint density at radius 1 is 1.67 bits per heavy atom. The molecule has 0 spiro atoms. The van der Waals surface area contributed by atoms with Gasteiger partial charge in [-0.15, -0.1) is 0 Å². The largest absolute Gasteiger partial charge is 0.479 e. The highest BCUT2D eigenvalue weighted by molar-refractivity contribution is 5.75. The van der Waals surface area contributed by atoms with E-state index in [2.05, 4.69) is 0 Å². The monoisotopic (exact) mass is 130 g/mol. The summed E-state index contributed by atoms with van der Waals surface area (Å²) < 4.78 is 0. The fraction of sp³-hybridized carbons (Fsp3) is 0.500. The highest BCUT2D eigenvalue weighted by atomic mass is 16.4. The van der Waals surface area contributed by atoms with Crippen molar-refractivity contribution in [3.05, 3.63) is 11.6 Å². The van der Waals surface area contributed by atoms with Crippen LogP contribution in [0, 0.1) is 0 Å². The van der Waals surface area contributed by atoms with Crippen LogP contribution in [0.1, 0.15) is 13.8 Å². The van der Waals surface area contributed by atoms with Crippen molar-refractivity contribution >= 4 is 5.97 Å². The van der Waals surface area contributed by atoms with E-state index in [4.69, 9.17) is 10.2 Å². The maximum atomic E-state index is 10.0. The van der Waals surface area contributed by atoms with E-state index < -0.39 is 12.1 Å². The molecule has 0 heterocycles. The summed E-state index contributed by atoms with van der Waals surface area (Å²) in [5.74, 6) is -1.20. The molecule has 0 saturated carbocycles. The third-order valence-corrected chi connectivity index (χ3v) is 1.12. The highest BCUT2D eigenvalue weighted by Gasteiger charge is 2.13. The first kappa shape index (κ1) is 8.17. The van der Waals surface area contributed by atoms with E-state index in [9.17, 15) is 4.79 Å². The minimum atomic E-state index is -1.34. The molecule has 3 heteroatoms. The molecule has 0 aliphatic carbocycles. The molecule has 0 saturated heterocycles. The molecule has 0 aromatic carbocycles. The Labute approximate surface area is 53.6 Å².